The number of aliphatic imine (C=N–C) groups is 1. The first-order valence-corrected chi connectivity index (χ1v) is 10.3. The van der Waals surface area contributed by atoms with Gasteiger partial charge in [0.15, 0.2) is 11.5 Å². The van der Waals surface area contributed by atoms with E-state index in [1.54, 1.807) is 7.05 Å². The molecule has 2 heterocycles. The number of ether oxygens (including phenoxy) is 1. The Morgan fingerprint density at radius 1 is 1.21 bits per heavy atom. The van der Waals surface area contributed by atoms with Crippen LogP contribution in [0.25, 0.3) is 11.1 Å². The molecule has 1 atom stereocenters. The number of guanidine groups is 1. The molecule has 2 aliphatic heterocycles. The molecule has 1 amide bonds. The molecule has 5 rings (SSSR count). The van der Waals surface area contributed by atoms with Gasteiger partial charge in [0.05, 0.1) is 0 Å². The Labute approximate surface area is 175 Å². The van der Waals surface area contributed by atoms with Crippen molar-refractivity contribution in [2.45, 2.75) is 36.8 Å². The Morgan fingerprint density at radius 2 is 2.00 bits per heavy atom. The van der Waals surface area contributed by atoms with Crippen LogP contribution in [0.3, 0.4) is 0 Å². The van der Waals surface area contributed by atoms with E-state index in [0.29, 0.717) is 17.7 Å². The van der Waals surface area contributed by atoms with Gasteiger partial charge in [-0.05, 0) is 83.3 Å². The van der Waals surface area contributed by atoms with Gasteiger partial charge in [0.1, 0.15) is 17.2 Å². The highest BCUT2D eigenvalue weighted by Crippen LogP contribution is 2.55. The van der Waals surface area contributed by atoms with E-state index < -0.39 is 5.54 Å². The Balaban J connectivity index is 1.70. The first kappa shape index (κ1) is 17.9. The molecule has 7 heteroatoms. The number of halogens is 2. The number of carbonyl (C=O) groups excluding carboxylic acids is 1. The number of hydrogen-bond acceptors (Lipinski definition) is 4. The van der Waals surface area contributed by atoms with Gasteiger partial charge in [-0.25, -0.2) is 9.38 Å². The Morgan fingerprint density at radius 3 is 2.61 bits per heavy atom. The number of likely N-dealkylation sites (N-methyl/N-ethyl adjacent to an activating group) is 1. The predicted molar refractivity (Wildman–Crippen MR) is 112 cm³/mol. The fourth-order valence-electron chi connectivity index (χ4n) is 4.51. The van der Waals surface area contributed by atoms with Gasteiger partial charge in [0.2, 0.25) is 0 Å². The summed E-state index contributed by atoms with van der Waals surface area (Å²) in [5, 5.41) is 0. The van der Waals surface area contributed by atoms with E-state index in [-0.39, 0.29) is 23.3 Å². The third kappa shape index (κ3) is 2.48. The van der Waals surface area contributed by atoms with Crippen LogP contribution in [-0.2, 0) is 10.3 Å². The average Bonchev–Trinajstić information content (AvgIpc) is 2.83. The van der Waals surface area contributed by atoms with Crippen LogP contribution in [-0.4, -0.2) is 29.4 Å². The van der Waals surface area contributed by atoms with E-state index in [0.717, 1.165) is 34.0 Å². The van der Waals surface area contributed by atoms with Gasteiger partial charge in [-0.15, -0.1) is 0 Å². The van der Waals surface area contributed by atoms with Crippen molar-refractivity contribution < 1.29 is 13.9 Å². The maximum atomic E-state index is 13.9. The summed E-state index contributed by atoms with van der Waals surface area (Å²) in [7, 11) is 1.65. The Hall–Kier alpha value is -2.16. The zero-order valence-electron chi connectivity index (χ0n) is 15.3. The minimum absolute atomic E-state index is 0.133. The van der Waals surface area contributed by atoms with Crippen LogP contribution in [0.4, 0.5) is 4.39 Å². The number of amides is 1. The maximum Gasteiger partial charge on any atom is 0.261 e. The molecule has 1 unspecified atom stereocenters. The van der Waals surface area contributed by atoms with Gasteiger partial charge in [-0.1, -0.05) is 6.07 Å². The lowest BCUT2D eigenvalue weighted by molar-refractivity contribution is -0.136. The zero-order valence-corrected chi connectivity index (χ0v) is 17.5. The summed E-state index contributed by atoms with van der Waals surface area (Å²) >= 11 is 2.09. The number of rotatable bonds is 1. The summed E-state index contributed by atoms with van der Waals surface area (Å²) in [5.41, 5.74) is 6.89. The van der Waals surface area contributed by atoms with Gasteiger partial charge in [0, 0.05) is 22.6 Å². The van der Waals surface area contributed by atoms with Crippen LogP contribution in [0.15, 0.2) is 41.4 Å². The molecule has 28 heavy (non-hydrogen) atoms. The third-order valence-electron chi connectivity index (χ3n) is 6.10. The number of nitrogens with two attached hydrogens (primary N) is 1. The molecule has 0 aromatic heterocycles. The van der Waals surface area contributed by atoms with E-state index in [1.165, 1.54) is 17.0 Å². The minimum Gasteiger partial charge on any atom is -0.487 e. The molecular weight excluding hydrogens is 472 g/mol. The minimum atomic E-state index is -1.07. The van der Waals surface area contributed by atoms with E-state index in [9.17, 15) is 9.18 Å². The quantitative estimate of drug-likeness (QED) is 0.618. The van der Waals surface area contributed by atoms with Gasteiger partial charge >= 0.3 is 0 Å². The van der Waals surface area contributed by atoms with Crippen molar-refractivity contribution in [1.82, 2.24) is 4.90 Å². The maximum absolute atomic E-state index is 13.9. The predicted octanol–water partition coefficient (Wildman–Crippen LogP) is 3.78. The molecule has 1 fully saturated rings. The first-order chi connectivity index (χ1) is 13.3. The van der Waals surface area contributed by atoms with Gasteiger partial charge in [-0.3, -0.25) is 9.69 Å². The second kappa shape index (κ2) is 5.92. The van der Waals surface area contributed by atoms with Crippen molar-refractivity contribution >= 4 is 34.5 Å². The zero-order chi connectivity index (χ0) is 19.7. The van der Waals surface area contributed by atoms with Crippen molar-refractivity contribution in [3.63, 3.8) is 0 Å². The molecule has 2 aromatic carbocycles. The summed E-state index contributed by atoms with van der Waals surface area (Å²) < 4.78 is 21.1. The number of benzene rings is 2. The second-order valence-electron chi connectivity index (χ2n) is 7.88. The van der Waals surface area contributed by atoms with Crippen LogP contribution >= 0.6 is 22.6 Å². The van der Waals surface area contributed by atoms with Crippen molar-refractivity contribution in [3.8, 4) is 16.9 Å². The summed E-state index contributed by atoms with van der Waals surface area (Å²) in [6.07, 6.45) is 3.38. The standard InChI is InChI=1S/C21H19FIN3O2/c1-26-18(27)21(25-19(26)24)11-20(5-2-6-20)28-17-4-3-12(9-16(17)21)13-7-14(22)10-15(23)8-13/h3-4,7-10H,2,5-6,11H2,1H3,(H2,24,25). The molecule has 2 N–H and O–H groups in total. The largest absolute Gasteiger partial charge is 0.487 e. The SMILES string of the molecule is CN1C(=O)C2(CC3(CCC3)Oc3ccc(-c4cc(F)cc(I)c4)cc32)N=C1N. The Bertz CT molecular complexity index is 1030. The smallest absolute Gasteiger partial charge is 0.261 e. The van der Waals surface area contributed by atoms with E-state index in [4.69, 9.17) is 10.5 Å². The topological polar surface area (TPSA) is 67.9 Å². The average molecular weight is 491 g/mol. The van der Waals surface area contributed by atoms with E-state index >= 15 is 0 Å². The van der Waals surface area contributed by atoms with Crippen molar-refractivity contribution in [2.75, 3.05) is 7.05 Å². The number of carbonyl (C=O) groups is 1. The van der Waals surface area contributed by atoms with Crippen LogP contribution < -0.4 is 10.5 Å². The lowest BCUT2D eigenvalue weighted by Crippen LogP contribution is -2.54. The fraction of sp³-hybridized carbons (Fsp3) is 0.333. The number of fused-ring (bicyclic) bond motifs is 2. The number of nitrogens with zero attached hydrogens (tertiary/aromatic N) is 2. The number of hydrogen-bond donors (Lipinski definition) is 1. The molecule has 2 spiro atoms. The van der Waals surface area contributed by atoms with Gasteiger partial charge in [-0.2, -0.15) is 0 Å². The van der Waals surface area contributed by atoms with Crippen LogP contribution in [0.2, 0.25) is 0 Å². The molecule has 0 saturated heterocycles. The first-order valence-electron chi connectivity index (χ1n) is 9.25. The highest BCUT2D eigenvalue weighted by Gasteiger charge is 2.59. The summed E-state index contributed by atoms with van der Waals surface area (Å²) in [5.74, 6) is 0.462. The lowest BCUT2D eigenvalue weighted by Gasteiger charge is -2.50. The fourth-order valence-corrected chi connectivity index (χ4v) is 5.15. The van der Waals surface area contributed by atoms with Crippen molar-refractivity contribution in [3.05, 3.63) is 51.3 Å². The lowest BCUT2D eigenvalue weighted by atomic mass is 9.67. The summed E-state index contributed by atoms with van der Waals surface area (Å²) in [4.78, 5) is 19.3. The van der Waals surface area contributed by atoms with Crippen LogP contribution in [0.1, 0.15) is 31.2 Å². The van der Waals surface area contributed by atoms with Gasteiger partial charge < -0.3 is 10.5 Å². The normalized spacial score (nSPS) is 24.8. The molecule has 1 aliphatic carbocycles. The second-order valence-corrected chi connectivity index (χ2v) is 9.12. The third-order valence-corrected chi connectivity index (χ3v) is 6.72. The Kier molecular flexibility index (Phi) is 3.78. The highest BCUT2D eigenvalue weighted by atomic mass is 127. The molecular formula is C21H19FIN3O2. The molecule has 3 aliphatic rings. The summed E-state index contributed by atoms with van der Waals surface area (Å²) in [6.45, 7) is 0. The van der Waals surface area contributed by atoms with Crippen molar-refractivity contribution in [2.24, 2.45) is 10.7 Å². The van der Waals surface area contributed by atoms with Crippen molar-refractivity contribution in [1.29, 1.82) is 0 Å². The van der Waals surface area contributed by atoms with Gasteiger partial charge in [0.25, 0.3) is 5.91 Å². The highest BCUT2D eigenvalue weighted by molar-refractivity contribution is 14.1. The molecule has 0 radical (unpaired) electrons. The van der Waals surface area contributed by atoms with E-state index in [1.807, 2.05) is 24.3 Å². The molecule has 0 bridgehead atoms. The van der Waals surface area contributed by atoms with E-state index in [2.05, 4.69) is 27.6 Å². The molecule has 5 nitrogen and oxygen atoms in total. The van der Waals surface area contributed by atoms with Crippen LogP contribution in [0.5, 0.6) is 5.75 Å². The van der Waals surface area contributed by atoms with Crippen LogP contribution in [0, 0.1) is 9.39 Å². The summed E-state index contributed by atoms with van der Waals surface area (Å²) in [6, 6.07) is 10.6. The molecule has 144 valence electrons. The molecule has 2 aromatic rings. The molecule has 1 saturated carbocycles. The monoisotopic (exact) mass is 491 g/mol.